The molecule has 0 N–H and O–H groups in total. The standard InChI is InChI=1S/C51H54O6Te/c1-49(36-18-31-17-32(20-36)21-37(49)19-31)56-47(52)29-54-44-15-13-40(25-42(44)34-9-5-3-6-10-34)58-41-14-16-45(43(26-41)35-11-7-4-8-12-35)55-30-48(53)57-50(2)39-23-33-22-38-24-46(50)51(38,27-33)28-39/h3-16,25-26,31-33,36-39,46H,17-24,27-30H2,1-2H3. The molecule has 58 heavy (non-hydrogen) atoms. The Kier molecular flexibility index (Phi) is 9.09. The van der Waals surface area contributed by atoms with Crippen molar-refractivity contribution >= 4 is 40.1 Å². The summed E-state index contributed by atoms with van der Waals surface area (Å²) in [6.45, 7) is 4.21. The van der Waals surface area contributed by atoms with Gasteiger partial charge in [-0.15, -0.1) is 0 Å². The van der Waals surface area contributed by atoms with Gasteiger partial charge in [0.2, 0.25) is 0 Å². The summed E-state index contributed by atoms with van der Waals surface area (Å²) in [4.78, 5) is 27.0. The molecule has 4 aromatic carbocycles. The molecule has 0 radical (unpaired) electrons. The average Bonchev–Trinajstić information content (AvgIpc) is 3.49. The van der Waals surface area contributed by atoms with E-state index in [1.165, 1.54) is 71.4 Å². The van der Waals surface area contributed by atoms with E-state index in [9.17, 15) is 9.59 Å². The van der Waals surface area contributed by atoms with Crippen LogP contribution < -0.4 is 16.7 Å². The molecule has 12 rings (SSSR count). The zero-order valence-corrected chi connectivity index (χ0v) is 36.0. The monoisotopic (exact) mass is 892 g/mol. The minimum atomic E-state index is -0.840. The number of rotatable bonds is 12. The first kappa shape index (κ1) is 37.2. The summed E-state index contributed by atoms with van der Waals surface area (Å²) in [5.74, 6) is 6.11. The van der Waals surface area contributed by atoms with Gasteiger partial charge in [0.1, 0.15) is 0 Å². The van der Waals surface area contributed by atoms with E-state index in [0.29, 0.717) is 40.6 Å². The van der Waals surface area contributed by atoms with Crippen molar-refractivity contribution in [2.45, 2.75) is 89.3 Å². The van der Waals surface area contributed by atoms with Gasteiger partial charge in [-0.2, -0.15) is 0 Å². The van der Waals surface area contributed by atoms with Crippen LogP contribution >= 0.6 is 0 Å². The van der Waals surface area contributed by atoms with Crippen LogP contribution in [0.4, 0.5) is 0 Å². The number of carbonyl (C=O) groups excluding carboxylic acids is 2. The Balaban J connectivity index is 0.793. The molecule has 6 atom stereocenters. The average molecular weight is 891 g/mol. The molecule has 1 spiro atoms. The van der Waals surface area contributed by atoms with Crippen molar-refractivity contribution in [1.82, 2.24) is 0 Å². The molecule has 6 nitrogen and oxygen atoms in total. The van der Waals surface area contributed by atoms with Crippen LogP contribution in [0.25, 0.3) is 22.3 Å². The van der Waals surface area contributed by atoms with Crippen molar-refractivity contribution in [3.63, 3.8) is 0 Å². The molecule has 8 saturated carbocycles. The quantitative estimate of drug-likeness (QED) is 0.105. The molecule has 4 aromatic rings. The molecule has 0 aliphatic heterocycles. The van der Waals surface area contributed by atoms with Gasteiger partial charge in [0.25, 0.3) is 0 Å². The number of ether oxygens (including phenoxy) is 4. The molecule has 300 valence electrons. The topological polar surface area (TPSA) is 71.1 Å². The molecule has 8 fully saturated rings. The van der Waals surface area contributed by atoms with Crippen LogP contribution in [0.15, 0.2) is 97.1 Å². The van der Waals surface area contributed by atoms with Gasteiger partial charge in [-0.05, 0) is 12.8 Å². The minimum absolute atomic E-state index is 0.0957. The van der Waals surface area contributed by atoms with Gasteiger partial charge in [0, 0.05) is 0 Å². The van der Waals surface area contributed by atoms with Crippen LogP contribution in [-0.4, -0.2) is 57.3 Å². The molecular weight excluding hydrogens is 836 g/mol. The van der Waals surface area contributed by atoms with Crippen molar-refractivity contribution in [3.8, 4) is 33.8 Å². The SMILES string of the molecule is CC1(OC(=O)COc2ccc([Te]c3ccc(OCC(=O)OC4(C)C5CC6CC7CC4C7(C6)C5)c(-c4ccccc4)c3)cc2-c2ccccc2)C2CC3CC(C2)CC1C3. The Morgan fingerprint density at radius 3 is 1.60 bits per heavy atom. The Bertz CT molecular complexity index is 2210. The summed E-state index contributed by atoms with van der Waals surface area (Å²) in [6, 6.07) is 33.4. The third-order valence-electron chi connectivity index (χ3n) is 16.5. The number of hydrogen-bond acceptors (Lipinski definition) is 6. The predicted molar refractivity (Wildman–Crippen MR) is 225 cm³/mol. The van der Waals surface area contributed by atoms with E-state index < -0.39 is 20.9 Å². The first-order valence-electron chi connectivity index (χ1n) is 21.9. The molecule has 0 saturated heterocycles. The maximum absolute atomic E-state index is 13.5. The van der Waals surface area contributed by atoms with Gasteiger partial charge in [-0.1, -0.05) is 0 Å². The molecule has 7 heteroatoms. The third-order valence-corrected chi connectivity index (χ3v) is 19.3. The van der Waals surface area contributed by atoms with Crippen molar-refractivity contribution in [3.05, 3.63) is 97.1 Å². The number of fused-ring (bicyclic) bond motifs is 2. The molecule has 0 aromatic heterocycles. The summed E-state index contributed by atoms with van der Waals surface area (Å²) in [6.07, 6.45) is 12.6. The van der Waals surface area contributed by atoms with E-state index in [2.05, 4.69) is 62.4 Å². The van der Waals surface area contributed by atoms with Gasteiger partial charge in [-0.3, -0.25) is 0 Å². The fourth-order valence-corrected chi connectivity index (χ4v) is 16.6. The van der Waals surface area contributed by atoms with Crippen LogP contribution in [0.2, 0.25) is 0 Å². The molecule has 6 unspecified atom stereocenters. The Morgan fingerprint density at radius 2 is 1.05 bits per heavy atom. The zero-order valence-electron chi connectivity index (χ0n) is 33.7. The van der Waals surface area contributed by atoms with E-state index in [1.54, 1.807) is 0 Å². The second-order valence-electron chi connectivity index (χ2n) is 19.5. The summed E-state index contributed by atoms with van der Waals surface area (Å²) in [5, 5.41) is 0. The molecule has 7 bridgehead atoms. The number of carbonyl (C=O) groups is 2. The number of hydrogen-bond donors (Lipinski definition) is 0. The normalized spacial score (nSPS) is 35.6. The molecule has 8 aliphatic carbocycles. The fourth-order valence-electron chi connectivity index (χ4n) is 14.1. The first-order chi connectivity index (χ1) is 28.1. The Labute approximate surface area is 352 Å². The van der Waals surface area contributed by atoms with Gasteiger partial charge in [-0.25, -0.2) is 0 Å². The number of esters is 2. The van der Waals surface area contributed by atoms with Crippen molar-refractivity contribution in [2.24, 2.45) is 52.8 Å². The Hall–Kier alpha value is -3.79. The van der Waals surface area contributed by atoms with Crippen LogP contribution in [-0.2, 0) is 19.1 Å². The number of benzene rings is 4. The third kappa shape index (κ3) is 6.23. The van der Waals surface area contributed by atoms with E-state index >= 15 is 0 Å². The van der Waals surface area contributed by atoms with E-state index in [0.717, 1.165) is 45.9 Å². The summed E-state index contributed by atoms with van der Waals surface area (Å²) >= 11 is -0.840. The summed E-state index contributed by atoms with van der Waals surface area (Å²) < 4.78 is 27.9. The first-order valence-corrected chi connectivity index (χ1v) is 24.2. The Morgan fingerprint density at radius 1 is 0.552 bits per heavy atom. The molecule has 8 aliphatic rings. The van der Waals surface area contributed by atoms with Crippen LogP contribution in [0.1, 0.15) is 78.1 Å². The fraction of sp³-hybridized carbons (Fsp3) is 0.490. The van der Waals surface area contributed by atoms with Crippen molar-refractivity contribution in [1.29, 1.82) is 0 Å². The van der Waals surface area contributed by atoms with E-state index in [4.69, 9.17) is 18.9 Å². The summed E-state index contributed by atoms with van der Waals surface area (Å²) in [7, 11) is 0. The molecule has 0 amide bonds. The second-order valence-corrected chi connectivity index (χ2v) is 22.8. The van der Waals surface area contributed by atoms with Gasteiger partial charge < -0.3 is 0 Å². The summed E-state index contributed by atoms with van der Waals surface area (Å²) in [5.41, 5.74) is 3.76. The van der Waals surface area contributed by atoms with Gasteiger partial charge >= 0.3 is 342 Å². The van der Waals surface area contributed by atoms with Gasteiger partial charge in [0.05, 0.1) is 0 Å². The van der Waals surface area contributed by atoms with Crippen LogP contribution in [0.3, 0.4) is 0 Å². The zero-order chi connectivity index (χ0) is 39.2. The van der Waals surface area contributed by atoms with Crippen LogP contribution in [0, 0.1) is 52.8 Å². The second kappa shape index (κ2) is 14.2. The van der Waals surface area contributed by atoms with Crippen molar-refractivity contribution in [2.75, 3.05) is 13.2 Å². The maximum atomic E-state index is 13.5. The molecule has 0 heterocycles. The van der Waals surface area contributed by atoms with Crippen LogP contribution in [0.5, 0.6) is 11.5 Å². The van der Waals surface area contributed by atoms with Gasteiger partial charge in [0.15, 0.2) is 0 Å². The van der Waals surface area contributed by atoms with E-state index in [-0.39, 0.29) is 36.4 Å². The predicted octanol–water partition coefficient (Wildman–Crippen LogP) is 8.95. The van der Waals surface area contributed by atoms with E-state index in [1.807, 2.05) is 48.5 Å². The molecular formula is C51H54O6Te. The van der Waals surface area contributed by atoms with Crippen molar-refractivity contribution < 1.29 is 28.5 Å².